The number of amides is 1. The molecule has 0 aliphatic heterocycles. The van der Waals surface area contributed by atoms with Crippen LogP contribution in [0, 0.1) is 0 Å². The maximum Gasteiger partial charge on any atom is 0.303 e. The van der Waals surface area contributed by atoms with Crippen LogP contribution in [0.3, 0.4) is 0 Å². The summed E-state index contributed by atoms with van der Waals surface area (Å²) in [5, 5.41) is 21.3. The largest absolute Gasteiger partial charge is 0.508 e. The lowest BCUT2D eigenvalue weighted by atomic mass is 10.2. The first kappa shape index (κ1) is 14.7. The van der Waals surface area contributed by atoms with Crippen molar-refractivity contribution in [1.29, 1.82) is 0 Å². The maximum atomic E-state index is 11.3. The molecule has 0 saturated heterocycles. The second-order valence-corrected chi connectivity index (χ2v) is 3.99. The minimum Gasteiger partial charge on any atom is -0.508 e. The van der Waals surface area contributed by atoms with E-state index in [4.69, 9.17) is 10.2 Å². The predicted octanol–water partition coefficient (Wildman–Crippen LogP) is 1.49. The van der Waals surface area contributed by atoms with Gasteiger partial charge in [-0.05, 0) is 42.7 Å². The molecule has 1 aromatic carbocycles. The summed E-state index contributed by atoms with van der Waals surface area (Å²) in [6.07, 6.45) is 2.79. The van der Waals surface area contributed by atoms with E-state index in [1.54, 1.807) is 12.1 Å². The molecule has 0 saturated carbocycles. The number of carbonyl (C=O) groups excluding carboxylic acids is 1. The number of unbranched alkanes of at least 4 members (excludes halogenated alkanes) is 1. The second kappa shape index (κ2) is 7.86. The zero-order valence-electron chi connectivity index (χ0n) is 10.4. The van der Waals surface area contributed by atoms with Gasteiger partial charge < -0.3 is 10.2 Å². The maximum absolute atomic E-state index is 11.3. The number of phenolic OH excluding ortho intramolecular Hbond substituents is 1. The highest BCUT2D eigenvalue weighted by molar-refractivity contribution is 5.82. The topological polar surface area (TPSA) is 99.0 Å². The average molecular weight is 264 g/mol. The highest BCUT2D eigenvalue weighted by Crippen LogP contribution is 2.07. The van der Waals surface area contributed by atoms with Crippen molar-refractivity contribution in [2.45, 2.75) is 25.7 Å². The third-order valence-corrected chi connectivity index (χ3v) is 2.34. The van der Waals surface area contributed by atoms with E-state index in [1.165, 1.54) is 18.3 Å². The number of hydrogen-bond acceptors (Lipinski definition) is 4. The molecule has 102 valence electrons. The van der Waals surface area contributed by atoms with Crippen LogP contribution in [-0.4, -0.2) is 28.3 Å². The van der Waals surface area contributed by atoms with Crippen molar-refractivity contribution >= 4 is 18.1 Å². The van der Waals surface area contributed by atoms with Gasteiger partial charge in [0.25, 0.3) is 0 Å². The summed E-state index contributed by atoms with van der Waals surface area (Å²) in [5.41, 5.74) is 3.11. The summed E-state index contributed by atoms with van der Waals surface area (Å²) < 4.78 is 0. The van der Waals surface area contributed by atoms with Crippen molar-refractivity contribution in [3.05, 3.63) is 29.8 Å². The van der Waals surface area contributed by atoms with Crippen LogP contribution >= 0.6 is 0 Å². The lowest BCUT2D eigenvalue weighted by Gasteiger charge is -1.99. The van der Waals surface area contributed by atoms with Crippen LogP contribution in [-0.2, 0) is 9.59 Å². The van der Waals surface area contributed by atoms with Gasteiger partial charge in [-0.1, -0.05) is 0 Å². The van der Waals surface area contributed by atoms with E-state index in [9.17, 15) is 9.59 Å². The first-order valence-electron chi connectivity index (χ1n) is 5.90. The minimum absolute atomic E-state index is 0.0735. The highest BCUT2D eigenvalue weighted by Gasteiger charge is 2.01. The van der Waals surface area contributed by atoms with Crippen LogP contribution in [0.2, 0.25) is 0 Å². The number of nitrogens with zero attached hydrogens (tertiary/aromatic N) is 1. The Morgan fingerprint density at radius 2 is 1.79 bits per heavy atom. The third-order valence-electron chi connectivity index (χ3n) is 2.34. The number of phenols is 1. The van der Waals surface area contributed by atoms with Gasteiger partial charge in [-0.2, -0.15) is 5.10 Å². The van der Waals surface area contributed by atoms with Crippen molar-refractivity contribution in [2.75, 3.05) is 0 Å². The summed E-state index contributed by atoms with van der Waals surface area (Å²) in [5.74, 6) is -0.939. The lowest BCUT2D eigenvalue weighted by Crippen LogP contribution is -2.17. The standard InChI is InChI=1S/C13H16N2O4/c16-11-7-5-10(6-8-11)9-14-15-12(17)3-1-2-4-13(18)19/h5-9,16H,1-4H2,(H,15,17)(H,18,19)/b14-9+. The van der Waals surface area contributed by atoms with Gasteiger partial charge in [-0.3, -0.25) is 9.59 Å². The van der Waals surface area contributed by atoms with Crippen LogP contribution in [0.5, 0.6) is 5.75 Å². The SMILES string of the molecule is O=C(O)CCCCC(=O)N/N=C/c1ccc(O)cc1. The molecule has 1 amide bonds. The zero-order valence-corrected chi connectivity index (χ0v) is 10.4. The number of carboxylic acids is 1. The van der Waals surface area contributed by atoms with Gasteiger partial charge in [0.05, 0.1) is 6.21 Å². The molecule has 0 spiro atoms. The van der Waals surface area contributed by atoms with E-state index >= 15 is 0 Å². The summed E-state index contributed by atoms with van der Waals surface area (Å²) in [4.78, 5) is 21.6. The fourth-order valence-corrected chi connectivity index (χ4v) is 1.36. The number of aromatic hydroxyl groups is 1. The van der Waals surface area contributed by atoms with E-state index in [2.05, 4.69) is 10.5 Å². The molecule has 0 aromatic heterocycles. The Kier molecular flexibility index (Phi) is 6.08. The molecule has 0 heterocycles. The molecule has 1 rings (SSSR count). The van der Waals surface area contributed by atoms with E-state index in [0.717, 1.165) is 5.56 Å². The molecular weight excluding hydrogens is 248 g/mol. The normalized spacial score (nSPS) is 10.5. The molecule has 6 heteroatoms. The predicted molar refractivity (Wildman–Crippen MR) is 69.9 cm³/mol. The van der Waals surface area contributed by atoms with Crippen molar-refractivity contribution < 1.29 is 19.8 Å². The van der Waals surface area contributed by atoms with Gasteiger partial charge in [0.15, 0.2) is 0 Å². The van der Waals surface area contributed by atoms with Crippen LogP contribution in [0.25, 0.3) is 0 Å². The molecule has 0 fully saturated rings. The van der Waals surface area contributed by atoms with Crippen LogP contribution in [0.15, 0.2) is 29.4 Å². The van der Waals surface area contributed by atoms with E-state index in [1.807, 2.05) is 0 Å². The van der Waals surface area contributed by atoms with Gasteiger partial charge in [0.1, 0.15) is 5.75 Å². The van der Waals surface area contributed by atoms with Crippen molar-refractivity contribution in [3.8, 4) is 5.75 Å². The molecular formula is C13H16N2O4. The highest BCUT2D eigenvalue weighted by atomic mass is 16.4. The van der Waals surface area contributed by atoms with Crippen LogP contribution in [0.1, 0.15) is 31.2 Å². The zero-order chi connectivity index (χ0) is 14.1. The number of carbonyl (C=O) groups is 2. The molecule has 0 unspecified atom stereocenters. The number of aliphatic carboxylic acids is 1. The minimum atomic E-state index is -0.856. The molecule has 0 aliphatic rings. The molecule has 3 N–H and O–H groups in total. The van der Waals surface area contributed by atoms with Gasteiger partial charge in [0.2, 0.25) is 5.91 Å². The number of nitrogens with one attached hydrogen (secondary N) is 1. The quantitative estimate of drug-likeness (QED) is 0.394. The van der Waals surface area contributed by atoms with Gasteiger partial charge in [-0.15, -0.1) is 0 Å². The first-order chi connectivity index (χ1) is 9.08. The Labute approximate surface area is 110 Å². The molecule has 0 radical (unpaired) electrons. The Bertz CT molecular complexity index is 454. The summed E-state index contributed by atoms with van der Waals surface area (Å²) in [6.45, 7) is 0. The molecule has 0 atom stereocenters. The average Bonchev–Trinajstić information content (AvgIpc) is 2.37. The fourth-order valence-electron chi connectivity index (χ4n) is 1.36. The van der Waals surface area contributed by atoms with E-state index in [-0.39, 0.29) is 24.5 Å². The fraction of sp³-hybridized carbons (Fsp3) is 0.308. The third kappa shape index (κ3) is 6.82. The molecule has 0 aliphatic carbocycles. The first-order valence-corrected chi connectivity index (χ1v) is 5.90. The van der Waals surface area contributed by atoms with Crippen LogP contribution in [0.4, 0.5) is 0 Å². The lowest BCUT2D eigenvalue weighted by molar-refractivity contribution is -0.137. The van der Waals surface area contributed by atoms with Gasteiger partial charge in [-0.25, -0.2) is 5.43 Å². The van der Waals surface area contributed by atoms with Gasteiger partial charge in [0, 0.05) is 12.8 Å². The smallest absolute Gasteiger partial charge is 0.303 e. The number of hydrogen-bond donors (Lipinski definition) is 3. The Balaban J connectivity index is 2.22. The number of rotatable bonds is 7. The van der Waals surface area contributed by atoms with Crippen LogP contribution < -0.4 is 5.43 Å². The monoisotopic (exact) mass is 264 g/mol. The van der Waals surface area contributed by atoms with Crippen molar-refractivity contribution in [2.24, 2.45) is 5.10 Å². The molecule has 0 bridgehead atoms. The summed E-state index contributed by atoms with van der Waals surface area (Å²) in [6, 6.07) is 6.37. The number of benzene rings is 1. The Hall–Kier alpha value is -2.37. The molecule has 1 aromatic rings. The summed E-state index contributed by atoms with van der Waals surface area (Å²) in [7, 11) is 0. The number of carboxylic acid groups (broad SMARTS) is 1. The summed E-state index contributed by atoms with van der Waals surface area (Å²) >= 11 is 0. The Morgan fingerprint density at radius 3 is 2.42 bits per heavy atom. The van der Waals surface area contributed by atoms with E-state index in [0.29, 0.717) is 12.8 Å². The second-order valence-electron chi connectivity index (χ2n) is 3.99. The molecule has 19 heavy (non-hydrogen) atoms. The van der Waals surface area contributed by atoms with Crippen molar-refractivity contribution in [3.63, 3.8) is 0 Å². The van der Waals surface area contributed by atoms with Crippen molar-refractivity contribution in [1.82, 2.24) is 5.43 Å². The van der Waals surface area contributed by atoms with Gasteiger partial charge >= 0.3 is 5.97 Å². The Morgan fingerprint density at radius 1 is 1.16 bits per heavy atom. The number of hydrazone groups is 1. The molecule has 6 nitrogen and oxygen atoms in total. The van der Waals surface area contributed by atoms with E-state index < -0.39 is 5.97 Å².